The third kappa shape index (κ3) is 2.32. The maximum Gasteiger partial charge on any atom is 0.354 e. The fourth-order valence-electron chi connectivity index (χ4n) is 0.531. The first kappa shape index (κ1) is 11.1. The molecule has 0 atom stereocenters. The molecule has 0 aromatic carbocycles. The largest absolute Gasteiger partial charge is 0.477 e. The van der Waals surface area contributed by atoms with E-state index in [4.69, 9.17) is 5.11 Å². The summed E-state index contributed by atoms with van der Waals surface area (Å²) in [6, 6.07) is 0.525. The molecule has 0 aliphatic carbocycles. The Bertz CT molecular complexity index is 306. The minimum atomic E-state index is -1.39. The van der Waals surface area contributed by atoms with Gasteiger partial charge in [0.25, 0.3) is 0 Å². The molecule has 3 nitrogen and oxygen atoms in total. The number of hydrogen-bond acceptors (Lipinski definition) is 2. The Morgan fingerprint density at radius 1 is 1.42 bits per heavy atom. The van der Waals surface area contributed by atoms with Crippen molar-refractivity contribution in [1.82, 2.24) is 4.98 Å². The zero-order chi connectivity index (χ0) is 8.43. The molecule has 0 aliphatic heterocycles. The number of aromatic nitrogens is 1. The molecule has 0 unspecified atom stereocenters. The van der Waals surface area contributed by atoms with Crippen molar-refractivity contribution in [2.45, 2.75) is 0 Å². The number of carboxylic acid groups (broad SMARTS) is 1. The van der Waals surface area contributed by atoms with Crippen LogP contribution in [0.15, 0.2) is 12.3 Å². The molecule has 1 aromatic heterocycles. The van der Waals surface area contributed by atoms with Gasteiger partial charge >= 0.3 is 5.97 Å². The van der Waals surface area contributed by atoms with Gasteiger partial charge in [-0.25, -0.2) is 18.6 Å². The average Bonchev–Trinajstić information content (AvgIpc) is 1.94. The van der Waals surface area contributed by atoms with Crippen molar-refractivity contribution < 1.29 is 38.8 Å². The van der Waals surface area contributed by atoms with Gasteiger partial charge in [0.1, 0.15) is 0 Å². The van der Waals surface area contributed by atoms with Crippen LogP contribution >= 0.6 is 0 Å². The number of carbonyl (C=O) groups is 1. The Morgan fingerprint density at radius 3 is 2.42 bits per heavy atom. The van der Waals surface area contributed by atoms with Crippen molar-refractivity contribution in [3.63, 3.8) is 0 Å². The number of hydrogen-bond donors (Lipinski definition) is 1. The van der Waals surface area contributed by atoms with E-state index in [1.807, 2.05) is 0 Å². The predicted octanol–water partition coefficient (Wildman–Crippen LogP) is 1.06. The van der Waals surface area contributed by atoms with E-state index >= 15 is 0 Å². The molecule has 0 fully saturated rings. The van der Waals surface area contributed by atoms with Crippen LogP contribution in [0, 0.1) is 11.6 Å². The molecular formula is C6H3F2IrNO2. The molecule has 0 spiro atoms. The van der Waals surface area contributed by atoms with Crippen LogP contribution in [0.4, 0.5) is 8.78 Å². The number of rotatable bonds is 1. The van der Waals surface area contributed by atoms with Gasteiger partial charge in [-0.1, -0.05) is 0 Å². The molecule has 6 heteroatoms. The maximum absolute atomic E-state index is 12.3. The quantitative estimate of drug-likeness (QED) is 0.823. The van der Waals surface area contributed by atoms with Gasteiger partial charge in [0.05, 0.1) is 6.20 Å². The molecule has 1 radical (unpaired) electrons. The average molecular weight is 351 g/mol. The summed E-state index contributed by atoms with van der Waals surface area (Å²) in [6.45, 7) is 0. The van der Waals surface area contributed by atoms with Gasteiger partial charge in [-0.05, 0) is 0 Å². The molecule has 0 amide bonds. The zero-order valence-electron chi connectivity index (χ0n) is 5.55. The van der Waals surface area contributed by atoms with E-state index in [1.165, 1.54) is 0 Å². The van der Waals surface area contributed by atoms with Gasteiger partial charge in [-0.2, -0.15) is 0 Å². The smallest absolute Gasteiger partial charge is 0.354 e. The Hall–Kier alpha value is -0.871. The number of aromatic carboxylic acids is 1. The second-order valence-corrected chi connectivity index (χ2v) is 1.79. The van der Waals surface area contributed by atoms with Crippen molar-refractivity contribution >= 4 is 5.97 Å². The second kappa shape index (κ2) is 4.23. The number of halogens is 2. The number of nitrogens with zero attached hydrogens (tertiary/aromatic N) is 1. The van der Waals surface area contributed by atoms with Crippen LogP contribution < -0.4 is 0 Å². The number of carboxylic acids is 1. The molecule has 1 aromatic rings. The van der Waals surface area contributed by atoms with Crippen LogP contribution in [-0.2, 0) is 20.1 Å². The first-order valence-electron chi connectivity index (χ1n) is 2.65. The van der Waals surface area contributed by atoms with E-state index in [9.17, 15) is 13.6 Å². The summed E-state index contributed by atoms with van der Waals surface area (Å²) in [7, 11) is 0. The molecule has 12 heavy (non-hydrogen) atoms. The Labute approximate surface area is 79.8 Å². The topological polar surface area (TPSA) is 50.2 Å². The van der Waals surface area contributed by atoms with E-state index < -0.39 is 23.3 Å². The summed E-state index contributed by atoms with van der Waals surface area (Å²) in [5, 5.41) is 8.25. The van der Waals surface area contributed by atoms with Crippen molar-refractivity contribution in [3.8, 4) is 0 Å². The van der Waals surface area contributed by atoms with Crippen molar-refractivity contribution in [2.75, 3.05) is 0 Å². The third-order valence-corrected chi connectivity index (χ3v) is 1.03. The molecule has 1 N–H and O–H groups in total. The molecular weight excluding hydrogens is 348 g/mol. The molecule has 0 aliphatic rings. The summed E-state index contributed by atoms with van der Waals surface area (Å²) in [4.78, 5) is 13.2. The Morgan fingerprint density at radius 2 is 2.00 bits per heavy atom. The van der Waals surface area contributed by atoms with Gasteiger partial charge in [0, 0.05) is 26.2 Å². The fourth-order valence-corrected chi connectivity index (χ4v) is 0.531. The Kier molecular flexibility index (Phi) is 3.92. The SMILES string of the molecule is O=C(O)c1cc(F)c(F)cn1.[Ir]. The summed E-state index contributed by atoms with van der Waals surface area (Å²) in [5.41, 5.74) is -0.510. The van der Waals surface area contributed by atoms with Crippen molar-refractivity contribution in [2.24, 2.45) is 0 Å². The van der Waals surface area contributed by atoms with Crippen LogP contribution in [0.1, 0.15) is 10.5 Å². The van der Waals surface area contributed by atoms with Gasteiger partial charge in [0.15, 0.2) is 17.3 Å². The molecule has 0 saturated heterocycles. The standard InChI is InChI=1S/C6H3F2NO2.Ir/c7-3-1-5(6(10)11)9-2-4(3)8;/h1-2H,(H,10,11);. The Balaban J connectivity index is 0.00000121. The monoisotopic (exact) mass is 352 g/mol. The summed E-state index contributed by atoms with van der Waals surface area (Å²) >= 11 is 0. The van der Waals surface area contributed by atoms with Gasteiger partial charge in [0.2, 0.25) is 0 Å². The van der Waals surface area contributed by atoms with Crippen molar-refractivity contribution in [3.05, 3.63) is 29.6 Å². The van der Waals surface area contributed by atoms with Gasteiger partial charge in [-0.15, -0.1) is 0 Å². The van der Waals surface area contributed by atoms with Crippen LogP contribution in [0.5, 0.6) is 0 Å². The summed E-state index contributed by atoms with van der Waals surface area (Å²) in [5.74, 6) is -3.75. The fraction of sp³-hybridized carbons (Fsp3) is 0. The van der Waals surface area contributed by atoms with E-state index in [1.54, 1.807) is 0 Å². The first-order chi connectivity index (χ1) is 5.11. The zero-order valence-corrected chi connectivity index (χ0v) is 7.94. The summed E-state index contributed by atoms with van der Waals surface area (Å²) in [6.07, 6.45) is 0.527. The molecule has 67 valence electrons. The number of pyridine rings is 1. The van der Waals surface area contributed by atoms with E-state index in [0.717, 1.165) is 0 Å². The minimum absolute atomic E-state index is 0. The summed E-state index contributed by atoms with van der Waals surface area (Å²) < 4.78 is 24.4. The second-order valence-electron chi connectivity index (χ2n) is 1.79. The predicted molar refractivity (Wildman–Crippen MR) is 31.1 cm³/mol. The van der Waals surface area contributed by atoms with Crippen LogP contribution in [0.3, 0.4) is 0 Å². The van der Waals surface area contributed by atoms with Crippen molar-refractivity contribution in [1.29, 1.82) is 0 Å². The van der Waals surface area contributed by atoms with E-state index in [2.05, 4.69) is 4.98 Å². The third-order valence-electron chi connectivity index (χ3n) is 1.03. The maximum atomic E-state index is 12.3. The van der Waals surface area contributed by atoms with Crippen LogP contribution in [-0.4, -0.2) is 16.1 Å². The van der Waals surface area contributed by atoms with Crippen LogP contribution in [0.25, 0.3) is 0 Å². The minimum Gasteiger partial charge on any atom is -0.477 e. The molecule has 0 bridgehead atoms. The molecule has 0 saturated carbocycles. The molecule has 1 rings (SSSR count). The first-order valence-corrected chi connectivity index (χ1v) is 2.65. The van der Waals surface area contributed by atoms with Gasteiger partial charge in [-0.3, -0.25) is 0 Å². The normalized spacial score (nSPS) is 8.83. The van der Waals surface area contributed by atoms with E-state index in [-0.39, 0.29) is 20.1 Å². The van der Waals surface area contributed by atoms with Gasteiger partial charge < -0.3 is 5.11 Å². The van der Waals surface area contributed by atoms with Crippen LogP contribution in [0.2, 0.25) is 0 Å². The molecule has 1 heterocycles. The van der Waals surface area contributed by atoms with E-state index in [0.29, 0.717) is 12.3 Å².